The molecule has 0 fully saturated rings. The van der Waals surface area contributed by atoms with E-state index >= 15 is 0 Å². The van der Waals surface area contributed by atoms with Crippen molar-refractivity contribution in [3.05, 3.63) is 35.6 Å². The highest BCUT2D eigenvalue weighted by atomic mass is 32.1. The maximum Gasteiger partial charge on any atom is 0.223 e. The number of benzene rings is 1. The summed E-state index contributed by atoms with van der Waals surface area (Å²) in [6, 6.07) is 6.22. The second-order valence-electron chi connectivity index (χ2n) is 2.55. The van der Waals surface area contributed by atoms with Gasteiger partial charge in [-0.2, -0.15) is 0 Å². The minimum Gasteiger partial charge on any atom is -0.361 e. The van der Waals surface area contributed by atoms with Crippen molar-refractivity contribution in [3.63, 3.8) is 0 Å². The Balaban J connectivity index is 2.56. The van der Waals surface area contributed by atoms with Gasteiger partial charge in [-0.05, 0) is 30.4 Å². The molecule has 74 valence electrons. The Morgan fingerprint density at radius 2 is 2.36 bits per heavy atom. The molecule has 14 heavy (non-hydrogen) atoms. The number of halogens is 1. The zero-order chi connectivity index (χ0) is 10.4. The zero-order valence-corrected chi connectivity index (χ0v) is 8.49. The molecule has 0 atom stereocenters. The van der Waals surface area contributed by atoms with E-state index in [2.05, 4.69) is 15.8 Å². The maximum atomic E-state index is 12.7. The lowest BCUT2D eigenvalue weighted by molar-refractivity contribution is -0.500. The van der Waals surface area contributed by atoms with E-state index in [4.69, 9.17) is 12.2 Å². The molecule has 1 aromatic rings. The van der Waals surface area contributed by atoms with Gasteiger partial charge in [-0.25, -0.2) is 4.39 Å². The van der Waals surface area contributed by atoms with Gasteiger partial charge in [0.25, 0.3) is 0 Å². The van der Waals surface area contributed by atoms with Crippen molar-refractivity contribution in [1.82, 2.24) is 10.7 Å². The molecule has 0 radical (unpaired) electrons. The number of hydrogen-bond acceptors (Lipinski definition) is 1. The molecule has 1 aromatic carbocycles. The van der Waals surface area contributed by atoms with Gasteiger partial charge in [-0.1, -0.05) is 6.07 Å². The van der Waals surface area contributed by atoms with Crippen LogP contribution in [0.1, 0.15) is 5.56 Å². The molecule has 3 nitrogen and oxygen atoms in total. The third-order valence-electron chi connectivity index (χ3n) is 1.50. The van der Waals surface area contributed by atoms with Crippen LogP contribution in [0.4, 0.5) is 4.39 Å². The number of hydrazine groups is 1. The van der Waals surface area contributed by atoms with Crippen molar-refractivity contribution in [2.75, 3.05) is 7.05 Å². The molecule has 0 aliphatic rings. The molecule has 0 spiro atoms. The van der Waals surface area contributed by atoms with Crippen LogP contribution in [0.5, 0.6) is 0 Å². The van der Waals surface area contributed by atoms with E-state index in [-0.39, 0.29) is 5.82 Å². The summed E-state index contributed by atoms with van der Waals surface area (Å²) in [5.74, 6) is -0.267. The summed E-state index contributed by atoms with van der Waals surface area (Å²) in [6.07, 6.45) is 1.62. The van der Waals surface area contributed by atoms with Crippen molar-refractivity contribution >= 4 is 23.5 Å². The highest BCUT2D eigenvalue weighted by Gasteiger charge is 1.94. The lowest BCUT2D eigenvalue weighted by Crippen LogP contribution is -2.82. The van der Waals surface area contributed by atoms with Gasteiger partial charge in [-0.15, -0.1) is 10.5 Å². The monoisotopic (exact) mass is 212 g/mol. The van der Waals surface area contributed by atoms with E-state index in [1.807, 2.05) is 0 Å². The number of hydrogen-bond donors (Lipinski definition) is 3. The average molecular weight is 212 g/mol. The molecule has 0 aromatic heterocycles. The summed E-state index contributed by atoms with van der Waals surface area (Å²) < 4.78 is 12.7. The van der Waals surface area contributed by atoms with Crippen molar-refractivity contribution in [2.45, 2.75) is 0 Å². The summed E-state index contributed by atoms with van der Waals surface area (Å²) in [5, 5.41) is 5.93. The first-order valence-corrected chi connectivity index (χ1v) is 4.45. The third kappa shape index (κ3) is 3.49. The van der Waals surface area contributed by atoms with Crippen molar-refractivity contribution in [1.29, 1.82) is 0 Å². The first kappa shape index (κ1) is 10.6. The van der Waals surface area contributed by atoms with Crippen LogP contribution in [-0.4, -0.2) is 18.4 Å². The van der Waals surface area contributed by atoms with Crippen LogP contribution in [0.15, 0.2) is 24.3 Å². The number of nitrogens with one attached hydrogen (secondary N) is 3. The van der Waals surface area contributed by atoms with E-state index in [1.165, 1.54) is 12.1 Å². The Morgan fingerprint density at radius 1 is 1.57 bits per heavy atom. The summed E-state index contributed by atoms with van der Waals surface area (Å²) >= 11 is 4.82. The molecule has 0 bridgehead atoms. The SMILES string of the molecule is CNC(=S)N[NH+]=Cc1cccc(F)c1. The molecule has 0 saturated heterocycles. The van der Waals surface area contributed by atoms with Crippen LogP contribution in [-0.2, 0) is 0 Å². The molecule has 1 rings (SSSR count). The fourth-order valence-corrected chi connectivity index (χ4v) is 0.903. The van der Waals surface area contributed by atoms with Gasteiger partial charge in [0.05, 0.1) is 0 Å². The minimum atomic E-state index is -0.267. The van der Waals surface area contributed by atoms with Crippen LogP contribution in [0.25, 0.3) is 0 Å². The van der Waals surface area contributed by atoms with Crippen LogP contribution in [0.3, 0.4) is 0 Å². The third-order valence-corrected chi connectivity index (χ3v) is 1.81. The molecule has 5 heteroatoms. The van der Waals surface area contributed by atoms with Crippen LogP contribution in [0, 0.1) is 5.82 Å². The molecule has 3 N–H and O–H groups in total. The van der Waals surface area contributed by atoms with Crippen LogP contribution >= 0.6 is 12.2 Å². The summed E-state index contributed by atoms with van der Waals surface area (Å²) in [6.45, 7) is 0. The van der Waals surface area contributed by atoms with E-state index in [0.717, 1.165) is 5.56 Å². The van der Waals surface area contributed by atoms with Crippen LogP contribution in [0.2, 0.25) is 0 Å². The van der Waals surface area contributed by atoms with Crippen molar-refractivity contribution in [2.24, 2.45) is 0 Å². The molecule has 0 aliphatic heterocycles. The lowest BCUT2D eigenvalue weighted by atomic mass is 10.2. The Hall–Kier alpha value is -1.49. The number of thiocarbonyl (C=S) groups is 1. The van der Waals surface area contributed by atoms with E-state index < -0.39 is 0 Å². The van der Waals surface area contributed by atoms with E-state index in [0.29, 0.717) is 5.11 Å². The number of hydrazone groups is 1. The fraction of sp³-hybridized carbons (Fsp3) is 0.111. The lowest BCUT2D eigenvalue weighted by Gasteiger charge is -1.94. The largest absolute Gasteiger partial charge is 0.361 e. The second-order valence-corrected chi connectivity index (χ2v) is 2.96. The molecule has 0 aliphatic carbocycles. The van der Waals surface area contributed by atoms with Crippen molar-refractivity contribution in [3.8, 4) is 0 Å². The van der Waals surface area contributed by atoms with Crippen LogP contribution < -0.4 is 15.8 Å². The highest BCUT2D eigenvalue weighted by molar-refractivity contribution is 7.80. The van der Waals surface area contributed by atoms with Gasteiger partial charge >= 0.3 is 0 Å². The predicted octanol–water partition coefficient (Wildman–Crippen LogP) is -0.666. The van der Waals surface area contributed by atoms with Gasteiger partial charge in [0.1, 0.15) is 5.82 Å². The first-order chi connectivity index (χ1) is 6.72. The normalized spacial score (nSPS) is 10.1. The van der Waals surface area contributed by atoms with Crippen molar-refractivity contribution < 1.29 is 9.49 Å². The number of rotatable bonds is 2. The maximum absolute atomic E-state index is 12.7. The van der Waals surface area contributed by atoms with Gasteiger partial charge in [0.15, 0.2) is 6.21 Å². The quantitative estimate of drug-likeness (QED) is 0.346. The van der Waals surface area contributed by atoms with Gasteiger partial charge < -0.3 is 5.32 Å². The van der Waals surface area contributed by atoms with Gasteiger partial charge in [-0.3, -0.25) is 0 Å². The van der Waals surface area contributed by atoms with Gasteiger partial charge in [0.2, 0.25) is 5.11 Å². The van der Waals surface area contributed by atoms with Gasteiger partial charge in [0, 0.05) is 12.6 Å². The highest BCUT2D eigenvalue weighted by Crippen LogP contribution is 1.98. The summed E-state index contributed by atoms with van der Waals surface area (Å²) in [4.78, 5) is 0. The smallest absolute Gasteiger partial charge is 0.223 e. The molecular formula is C9H11FN3S+. The molecule has 0 saturated carbocycles. The summed E-state index contributed by atoms with van der Waals surface area (Å²) in [7, 11) is 1.71. The molecule has 0 unspecified atom stereocenters. The Kier molecular flexibility index (Phi) is 4.00. The molecule has 0 heterocycles. The zero-order valence-electron chi connectivity index (χ0n) is 7.67. The van der Waals surface area contributed by atoms with E-state index in [9.17, 15) is 4.39 Å². The first-order valence-electron chi connectivity index (χ1n) is 4.04. The molecule has 0 amide bonds. The topological polar surface area (TPSA) is 38.0 Å². The second kappa shape index (κ2) is 5.29. The van der Waals surface area contributed by atoms with E-state index in [1.54, 1.807) is 25.4 Å². The fourth-order valence-electron chi connectivity index (χ4n) is 0.844. The minimum absolute atomic E-state index is 0.267. The Labute approximate surface area is 87.0 Å². The molecular weight excluding hydrogens is 201 g/mol. The summed E-state index contributed by atoms with van der Waals surface area (Å²) in [5.41, 5.74) is 3.43. The predicted molar refractivity (Wildman–Crippen MR) is 57.3 cm³/mol. The Bertz CT molecular complexity index is 352. The Morgan fingerprint density at radius 3 is 3.00 bits per heavy atom. The standard InChI is InChI=1S/C9H10FN3S/c1-11-9(14)13-12-6-7-3-2-4-8(10)5-7/h2-6H,1H3,(H2,11,13,14)/p+1. The average Bonchev–Trinajstić information content (AvgIpc) is 2.17.